The number of amides is 1. The summed E-state index contributed by atoms with van der Waals surface area (Å²) >= 11 is 0. The predicted molar refractivity (Wildman–Crippen MR) is 162 cm³/mol. The Morgan fingerprint density at radius 3 is 2.38 bits per heavy atom. The number of ether oxygens (including phenoxy) is 1. The zero-order chi connectivity index (χ0) is 29.5. The molecule has 0 fully saturated rings. The highest BCUT2D eigenvalue weighted by Crippen LogP contribution is 2.20. The zero-order valence-corrected chi connectivity index (χ0v) is 24.1. The van der Waals surface area contributed by atoms with Crippen molar-refractivity contribution >= 4 is 11.9 Å². The fourth-order valence-corrected chi connectivity index (χ4v) is 5.05. The van der Waals surface area contributed by atoms with Crippen molar-refractivity contribution in [2.45, 2.75) is 52.6 Å². The Morgan fingerprint density at radius 1 is 0.952 bits per heavy atom. The third-order valence-corrected chi connectivity index (χ3v) is 7.44. The first-order valence-electron chi connectivity index (χ1n) is 14.4. The van der Waals surface area contributed by atoms with Gasteiger partial charge < -0.3 is 15.0 Å². The zero-order valence-electron chi connectivity index (χ0n) is 24.1. The topological polar surface area (TPSA) is 93.5 Å². The second kappa shape index (κ2) is 13.4. The molecule has 0 radical (unpaired) electrons. The van der Waals surface area contributed by atoms with Gasteiger partial charge in [0, 0.05) is 45.3 Å². The van der Waals surface area contributed by atoms with Crippen LogP contribution in [0.1, 0.15) is 53.5 Å². The smallest absolute Gasteiger partial charge is 0.310 e. The van der Waals surface area contributed by atoms with Gasteiger partial charge in [-0.15, -0.1) is 0 Å². The molecule has 1 aromatic heterocycles. The predicted octanol–water partition coefficient (Wildman–Crippen LogP) is 4.51. The van der Waals surface area contributed by atoms with Crippen LogP contribution in [0.3, 0.4) is 0 Å². The molecule has 42 heavy (non-hydrogen) atoms. The lowest BCUT2D eigenvalue weighted by atomic mass is 10.0. The van der Waals surface area contributed by atoms with E-state index in [1.165, 1.54) is 5.56 Å². The lowest BCUT2D eigenvalue weighted by molar-refractivity contribution is -0.134. The Hall–Kier alpha value is -4.56. The molecule has 2 heterocycles. The summed E-state index contributed by atoms with van der Waals surface area (Å²) in [4.78, 5) is 45.2. The van der Waals surface area contributed by atoms with Gasteiger partial charge in [0.05, 0.1) is 23.5 Å². The van der Waals surface area contributed by atoms with Crippen molar-refractivity contribution < 1.29 is 14.3 Å². The molecule has 1 N–H and O–H groups in total. The summed E-state index contributed by atoms with van der Waals surface area (Å²) in [5, 5.41) is 3.30. The molecule has 0 aliphatic carbocycles. The number of carbonyl (C=O) groups is 2. The molecule has 8 heteroatoms. The van der Waals surface area contributed by atoms with Crippen LogP contribution in [-0.2, 0) is 35.5 Å². The number of rotatable bonds is 10. The first kappa shape index (κ1) is 29.0. The van der Waals surface area contributed by atoms with Crippen LogP contribution in [0.5, 0.6) is 5.75 Å². The monoisotopic (exact) mass is 564 g/mol. The number of nitrogens with one attached hydrogen (secondary N) is 1. The molecular formula is C34H36N4O4. The minimum Gasteiger partial charge on any atom is -0.427 e. The van der Waals surface area contributed by atoms with Crippen molar-refractivity contribution in [1.82, 2.24) is 19.8 Å². The molecule has 3 aromatic carbocycles. The molecule has 216 valence electrons. The van der Waals surface area contributed by atoms with Gasteiger partial charge in [-0.05, 0) is 42.3 Å². The number of benzene rings is 3. The van der Waals surface area contributed by atoms with E-state index >= 15 is 0 Å². The molecule has 0 spiro atoms. The molecule has 5 rings (SSSR count). The first-order chi connectivity index (χ1) is 20.4. The number of fused-ring (bicyclic) bond motifs is 1. The molecule has 1 aliphatic heterocycles. The molecule has 4 aromatic rings. The number of nitrogens with zero attached hydrogens (tertiary/aromatic N) is 3. The molecule has 1 aliphatic rings. The lowest BCUT2D eigenvalue weighted by Crippen LogP contribution is -2.42. The standard InChI is InChI=1S/C34H36N4O4/c1-3-33(40)42-28-15-13-26(14-16-28)22-35-19-17-32(39)37-20-18-30-29(23-37)34(41)38(27-7-5-4-6-8-27)31(36-30)21-25-11-9-24(2)10-12-25/h4-16,35H,3,17-23H2,1-2H3. The Kier molecular flexibility index (Phi) is 9.24. The van der Waals surface area contributed by atoms with Crippen molar-refractivity contribution in [3.8, 4) is 11.4 Å². The van der Waals surface area contributed by atoms with Crippen LogP contribution in [0.4, 0.5) is 0 Å². The van der Waals surface area contributed by atoms with E-state index in [2.05, 4.69) is 36.5 Å². The molecule has 0 atom stereocenters. The van der Waals surface area contributed by atoms with Gasteiger partial charge in [-0.3, -0.25) is 19.0 Å². The second-order valence-electron chi connectivity index (χ2n) is 10.6. The molecule has 0 unspecified atom stereocenters. The van der Waals surface area contributed by atoms with E-state index in [0.29, 0.717) is 62.5 Å². The number of hydrogen-bond donors (Lipinski definition) is 1. The highest BCUT2D eigenvalue weighted by Gasteiger charge is 2.26. The van der Waals surface area contributed by atoms with Gasteiger partial charge in [-0.25, -0.2) is 4.98 Å². The van der Waals surface area contributed by atoms with E-state index in [4.69, 9.17) is 9.72 Å². The maximum absolute atomic E-state index is 13.9. The SMILES string of the molecule is CCC(=O)Oc1ccc(CNCCC(=O)N2CCc3nc(Cc4ccc(C)cc4)n(-c4ccccc4)c(=O)c3C2)cc1. The van der Waals surface area contributed by atoms with Gasteiger partial charge in [-0.1, -0.05) is 67.1 Å². The van der Waals surface area contributed by atoms with Crippen molar-refractivity contribution in [3.63, 3.8) is 0 Å². The molecular weight excluding hydrogens is 528 g/mol. The number of carbonyl (C=O) groups excluding carboxylic acids is 2. The van der Waals surface area contributed by atoms with Crippen LogP contribution in [0.15, 0.2) is 83.7 Å². The van der Waals surface area contributed by atoms with Crippen LogP contribution in [0.25, 0.3) is 5.69 Å². The van der Waals surface area contributed by atoms with Crippen LogP contribution in [0, 0.1) is 6.92 Å². The summed E-state index contributed by atoms with van der Waals surface area (Å²) in [6.07, 6.45) is 1.75. The number of hydrogen-bond acceptors (Lipinski definition) is 6. The Morgan fingerprint density at radius 2 is 1.67 bits per heavy atom. The number of aryl methyl sites for hydroxylation is 1. The maximum Gasteiger partial charge on any atom is 0.310 e. The minimum atomic E-state index is -0.267. The van der Waals surface area contributed by atoms with Crippen LogP contribution >= 0.6 is 0 Å². The van der Waals surface area contributed by atoms with Crippen molar-refractivity contribution in [2.75, 3.05) is 13.1 Å². The average molecular weight is 565 g/mol. The molecule has 1 amide bonds. The molecule has 8 nitrogen and oxygen atoms in total. The highest BCUT2D eigenvalue weighted by atomic mass is 16.5. The van der Waals surface area contributed by atoms with Crippen molar-refractivity contribution in [1.29, 1.82) is 0 Å². The third-order valence-electron chi connectivity index (χ3n) is 7.44. The number of aromatic nitrogens is 2. The van der Waals surface area contributed by atoms with Crippen LogP contribution in [0.2, 0.25) is 0 Å². The summed E-state index contributed by atoms with van der Waals surface area (Å²) in [6.45, 7) is 5.71. The normalized spacial score (nSPS) is 12.6. The van der Waals surface area contributed by atoms with Crippen molar-refractivity contribution in [2.24, 2.45) is 0 Å². The fraction of sp³-hybridized carbons (Fsp3) is 0.294. The molecule has 0 saturated heterocycles. The van der Waals surface area contributed by atoms with E-state index in [9.17, 15) is 14.4 Å². The number of para-hydroxylation sites is 1. The Balaban J connectivity index is 1.24. The Bertz CT molecular complexity index is 1600. The van der Waals surface area contributed by atoms with Crippen molar-refractivity contribution in [3.05, 3.63) is 123 Å². The van der Waals surface area contributed by atoms with Gasteiger partial charge in [0.2, 0.25) is 5.91 Å². The van der Waals surface area contributed by atoms with E-state index in [1.54, 1.807) is 28.5 Å². The van der Waals surface area contributed by atoms with E-state index in [0.717, 1.165) is 22.5 Å². The van der Waals surface area contributed by atoms with E-state index < -0.39 is 0 Å². The minimum absolute atomic E-state index is 0.00405. The quantitative estimate of drug-likeness (QED) is 0.173. The third kappa shape index (κ3) is 7.01. The summed E-state index contributed by atoms with van der Waals surface area (Å²) in [7, 11) is 0. The summed E-state index contributed by atoms with van der Waals surface area (Å²) in [5.41, 5.74) is 5.32. The highest BCUT2D eigenvalue weighted by molar-refractivity contribution is 5.76. The van der Waals surface area contributed by atoms with E-state index in [-0.39, 0.29) is 24.0 Å². The average Bonchev–Trinajstić information content (AvgIpc) is 3.01. The summed E-state index contributed by atoms with van der Waals surface area (Å²) in [6, 6.07) is 25.2. The lowest BCUT2D eigenvalue weighted by Gasteiger charge is -2.29. The van der Waals surface area contributed by atoms with Gasteiger partial charge in [0.1, 0.15) is 11.6 Å². The van der Waals surface area contributed by atoms with Gasteiger partial charge in [0.15, 0.2) is 0 Å². The largest absolute Gasteiger partial charge is 0.427 e. The first-order valence-corrected chi connectivity index (χ1v) is 14.4. The Labute approximate surface area is 246 Å². The summed E-state index contributed by atoms with van der Waals surface area (Å²) in [5.74, 6) is 0.963. The van der Waals surface area contributed by atoms with Gasteiger partial charge in [-0.2, -0.15) is 0 Å². The van der Waals surface area contributed by atoms with E-state index in [1.807, 2.05) is 42.5 Å². The maximum atomic E-state index is 13.9. The molecule has 0 saturated carbocycles. The van der Waals surface area contributed by atoms with Crippen LogP contribution in [-0.4, -0.2) is 39.4 Å². The van der Waals surface area contributed by atoms with Gasteiger partial charge >= 0.3 is 5.97 Å². The number of esters is 1. The van der Waals surface area contributed by atoms with Gasteiger partial charge in [0.25, 0.3) is 5.56 Å². The molecule has 0 bridgehead atoms. The van der Waals surface area contributed by atoms with Crippen LogP contribution < -0.4 is 15.6 Å². The summed E-state index contributed by atoms with van der Waals surface area (Å²) < 4.78 is 6.91. The fourth-order valence-electron chi connectivity index (χ4n) is 5.05. The second-order valence-corrected chi connectivity index (χ2v) is 10.6.